The number of hydrogen-bond acceptors (Lipinski definition) is 3. The summed E-state index contributed by atoms with van der Waals surface area (Å²) in [6.45, 7) is 4.23. The van der Waals surface area contributed by atoms with Crippen molar-refractivity contribution < 1.29 is 4.74 Å². The largest absolute Gasteiger partial charge is 0.495 e. The molecular weight excluding hydrogens is 428 g/mol. The smallest absolute Gasteiger partial charge is 0.174 e. The highest BCUT2D eigenvalue weighted by Gasteiger charge is 2.42. The molecule has 1 N–H and O–H groups in total. The molecule has 33 heavy (non-hydrogen) atoms. The average molecular weight is 455 g/mol. The number of anilines is 1. The summed E-state index contributed by atoms with van der Waals surface area (Å²) in [5.41, 5.74) is 6.51. The summed E-state index contributed by atoms with van der Waals surface area (Å²) in [5.74, 6) is 0.816. The first-order valence-electron chi connectivity index (χ1n) is 11.0. The molecule has 4 aromatic rings. The molecule has 0 saturated carbocycles. The second-order valence-electron chi connectivity index (χ2n) is 8.32. The highest BCUT2D eigenvalue weighted by atomic mass is 32.1. The number of pyridine rings is 1. The molecule has 0 aliphatic carbocycles. The van der Waals surface area contributed by atoms with Crippen LogP contribution in [0.4, 0.5) is 5.69 Å². The molecule has 166 valence electrons. The Bertz CT molecular complexity index is 1280. The van der Waals surface area contributed by atoms with E-state index in [0.717, 1.165) is 28.5 Å². The number of ether oxygens (including phenoxy) is 1. The van der Waals surface area contributed by atoms with Gasteiger partial charge in [0.05, 0.1) is 24.5 Å². The van der Waals surface area contributed by atoms with Crippen molar-refractivity contribution in [2.75, 3.05) is 12.0 Å². The summed E-state index contributed by atoms with van der Waals surface area (Å²) in [5, 5.41) is 4.24. The Hall–Kier alpha value is -3.64. The molecule has 6 heteroatoms. The van der Waals surface area contributed by atoms with Crippen LogP contribution in [0, 0.1) is 13.8 Å². The van der Waals surface area contributed by atoms with Crippen LogP contribution >= 0.6 is 12.2 Å². The van der Waals surface area contributed by atoms with E-state index < -0.39 is 0 Å². The molecule has 1 aliphatic heterocycles. The predicted molar refractivity (Wildman–Crippen MR) is 136 cm³/mol. The Morgan fingerprint density at radius 1 is 0.939 bits per heavy atom. The third-order valence-electron chi connectivity index (χ3n) is 6.01. The topological polar surface area (TPSA) is 42.3 Å². The molecule has 0 radical (unpaired) electrons. The maximum absolute atomic E-state index is 5.90. The summed E-state index contributed by atoms with van der Waals surface area (Å²) in [4.78, 5) is 6.89. The molecule has 1 fully saturated rings. The number of nitrogens with zero attached hydrogens (tertiary/aromatic N) is 3. The van der Waals surface area contributed by atoms with Crippen LogP contribution in [0.25, 0.3) is 5.69 Å². The van der Waals surface area contributed by atoms with Crippen LogP contribution in [0.5, 0.6) is 5.75 Å². The molecular formula is C27H26N4OS. The quantitative estimate of drug-likeness (QED) is 0.393. The summed E-state index contributed by atoms with van der Waals surface area (Å²) in [7, 11) is 1.70. The molecule has 1 saturated heterocycles. The number of rotatable bonds is 5. The Morgan fingerprint density at radius 2 is 1.70 bits per heavy atom. The van der Waals surface area contributed by atoms with Crippen molar-refractivity contribution in [2.45, 2.75) is 25.9 Å². The Labute approximate surface area is 199 Å². The highest BCUT2D eigenvalue weighted by molar-refractivity contribution is 7.80. The molecule has 5 rings (SSSR count). The molecule has 2 atom stereocenters. The lowest BCUT2D eigenvalue weighted by molar-refractivity contribution is 0.412. The summed E-state index contributed by atoms with van der Waals surface area (Å²) < 4.78 is 7.86. The minimum Gasteiger partial charge on any atom is -0.495 e. The molecule has 2 aromatic carbocycles. The zero-order valence-corrected chi connectivity index (χ0v) is 19.7. The van der Waals surface area contributed by atoms with E-state index in [2.05, 4.69) is 82.3 Å². The minimum absolute atomic E-state index is 0.103. The molecule has 3 heterocycles. The van der Waals surface area contributed by atoms with Gasteiger partial charge >= 0.3 is 0 Å². The third kappa shape index (κ3) is 3.87. The van der Waals surface area contributed by atoms with E-state index in [1.54, 1.807) is 7.11 Å². The molecule has 0 amide bonds. The van der Waals surface area contributed by atoms with E-state index in [-0.39, 0.29) is 12.1 Å². The van der Waals surface area contributed by atoms with Gasteiger partial charge in [0.2, 0.25) is 0 Å². The van der Waals surface area contributed by atoms with Crippen molar-refractivity contribution in [1.29, 1.82) is 0 Å². The maximum Gasteiger partial charge on any atom is 0.174 e. The van der Waals surface area contributed by atoms with Gasteiger partial charge in [-0.05, 0) is 85.7 Å². The van der Waals surface area contributed by atoms with Crippen LogP contribution in [0.2, 0.25) is 0 Å². The first-order valence-corrected chi connectivity index (χ1v) is 11.4. The number of para-hydroxylation sites is 2. The van der Waals surface area contributed by atoms with Crippen LogP contribution in [0.3, 0.4) is 0 Å². The lowest BCUT2D eigenvalue weighted by Crippen LogP contribution is -2.30. The van der Waals surface area contributed by atoms with Gasteiger partial charge in [-0.2, -0.15) is 0 Å². The summed E-state index contributed by atoms with van der Waals surface area (Å²) in [6.07, 6.45) is 3.90. The standard InChI is InChI=1S/C27H26N4OS/c1-18-15-19(2)17-20(16-18)31-26(25(29-27(31)33)21-9-6-7-13-28-21)23-11-8-14-30(23)22-10-4-5-12-24(22)32-3/h4-17,25-26H,1-3H3,(H,29,33)/t25-,26+/m0/s1. The van der Waals surface area contributed by atoms with Crippen molar-refractivity contribution in [3.8, 4) is 11.4 Å². The van der Waals surface area contributed by atoms with Gasteiger partial charge in [0.25, 0.3) is 0 Å². The average Bonchev–Trinajstić information content (AvgIpc) is 3.43. The number of hydrogen-bond donors (Lipinski definition) is 1. The predicted octanol–water partition coefficient (Wildman–Crippen LogP) is 5.67. The van der Waals surface area contributed by atoms with Gasteiger partial charge in [0.1, 0.15) is 11.8 Å². The van der Waals surface area contributed by atoms with Crippen molar-refractivity contribution in [3.63, 3.8) is 0 Å². The van der Waals surface area contributed by atoms with E-state index in [1.807, 2.05) is 36.5 Å². The SMILES string of the molecule is COc1ccccc1-n1cccc1[C@@H]1[C@H](c2ccccn2)NC(=S)N1c1cc(C)cc(C)c1. The second kappa shape index (κ2) is 8.71. The summed E-state index contributed by atoms with van der Waals surface area (Å²) in [6, 6.07) is 24.6. The molecule has 0 spiro atoms. The van der Waals surface area contributed by atoms with Gasteiger partial charge in [-0.15, -0.1) is 0 Å². The Balaban J connectivity index is 1.70. The second-order valence-corrected chi connectivity index (χ2v) is 8.70. The normalized spacial score (nSPS) is 17.8. The van der Waals surface area contributed by atoms with Gasteiger partial charge < -0.3 is 19.5 Å². The number of thiocarbonyl (C=S) groups is 1. The first kappa shape index (κ1) is 21.2. The van der Waals surface area contributed by atoms with Crippen LogP contribution in [0.1, 0.15) is 34.6 Å². The van der Waals surface area contributed by atoms with Crippen LogP contribution in [-0.2, 0) is 0 Å². The molecule has 5 nitrogen and oxygen atoms in total. The number of nitrogens with one attached hydrogen (secondary N) is 1. The van der Waals surface area contributed by atoms with Crippen LogP contribution < -0.4 is 15.0 Å². The van der Waals surface area contributed by atoms with Crippen molar-refractivity contribution in [3.05, 3.63) is 108 Å². The highest BCUT2D eigenvalue weighted by Crippen LogP contribution is 2.43. The van der Waals surface area contributed by atoms with Crippen molar-refractivity contribution >= 4 is 23.0 Å². The zero-order chi connectivity index (χ0) is 22.9. The fourth-order valence-electron chi connectivity index (χ4n) is 4.71. The van der Waals surface area contributed by atoms with Gasteiger partial charge in [-0.3, -0.25) is 4.98 Å². The number of benzene rings is 2. The van der Waals surface area contributed by atoms with Gasteiger partial charge in [-0.1, -0.05) is 24.3 Å². The summed E-state index contributed by atoms with van der Waals surface area (Å²) >= 11 is 5.90. The molecule has 0 unspecified atom stereocenters. The number of aryl methyl sites for hydroxylation is 2. The van der Waals surface area contributed by atoms with Crippen molar-refractivity contribution in [1.82, 2.24) is 14.9 Å². The molecule has 2 aromatic heterocycles. The third-order valence-corrected chi connectivity index (χ3v) is 6.33. The van der Waals surface area contributed by atoms with E-state index in [1.165, 1.54) is 11.1 Å². The Kier molecular flexibility index (Phi) is 5.60. The Morgan fingerprint density at radius 3 is 2.42 bits per heavy atom. The number of aromatic nitrogens is 2. The number of methoxy groups -OCH3 is 1. The van der Waals surface area contributed by atoms with Crippen LogP contribution in [-0.4, -0.2) is 21.8 Å². The lowest BCUT2D eigenvalue weighted by Gasteiger charge is -2.29. The van der Waals surface area contributed by atoms with E-state index in [9.17, 15) is 0 Å². The fourth-order valence-corrected chi connectivity index (χ4v) is 5.05. The fraction of sp³-hybridized carbons (Fsp3) is 0.185. The van der Waals surface area contributed by atoms with Crippen LogP contribution in [0.15, 0.2) is 85.2 Å². The van der Waals surface area contributed by atoms with Gasteiger partial charge in [0, 0.05) is 23.8 Å². The van der Waals surface area contributed by atoms with Gasteiger partial charge in [0.15, 0.2) is 5.11 Å². The van der Waals surface area contributed by atoms with E-state index in [0.29, 0.717) is 5.11 Å². The zero-order valence-electron chi connectivity index (χ0n) is 18.9. The van der Waals surface area contributed by atoms with Crippen molar-refractivity contribution in [2.24, 2.45) is 0 Å². The maximum atomic E-state index is 5.90. The molecule has 0 bridgehead atoms. The first-order chi connectivity index (χ1) is 16.1. The monoisotopic (exact) mass is 454 g/mol. The van der Waals surface area contributed by atoms with Gasteiger partial charge in [-0.25, -0.2) is 0 Å². The van der Waals surface area contributed by atoms with E-state index >= 15 is 0 Å². The molecule has 1 aliphatic rings. The lowest BCUT2D eigenvalue weighted by atomic mass is 10.00. The minimum atomic E-state index is -0.108. The van der Waals surface area contributed by atoms with E-state index in [4.69, 9.17) is 17.0 Å².